The normalized spacial score (nSPS) is 10.4. The topological polar surface area (TPSA) is 99.8 Å². The molecule has 0 spiro atoms. The summed E-state index contributed by atoms with van der Waals surface area (Å²) in [6.45, 7) is 3.20. The van der Waals surface area contributed by atoms with Crippen molar-refractivity contribution >= 4 is 23.3 Å². The van der Waals surface area contributed by atoms with E-state index >= 15 is 0 Å². The maximum absolute atomic E-state index is 13.4. The van der Waals surface area contributed by atoms with Crippen molar-refractivity contribution in [2.24, 2.45) is 0 Å². The van der Waals surface area contributed by atoms with E-state index in [-0.39, 0.29) is 17.6 Å². The minimum Gasteiger partial charge on any atom is -0.322 e. The van der Waals surface area contributed by atoms with E-state index in [0.717, 1.165) is 0 Å². The highest BCUT2D eigenvalue weighted by Gasteiger charge is 2.19. The zero-order valence-corrected chi connectivity index (χ0v) is 18.5. The molecule has 0 aliphatic carbocycles. The first-order chi connectivity index (χ1) is 16.4. The molecule has 1 heterocycles. The molecule has 168 valence electrons. The molecule has 0 aliphatic rings. The van der Waals surface area contributed by atoms with Gasteiger partial charge in [-0.2, -0.15) is 10.4 Å². The summed E-state index contributed by atoms with van der Waals surface area (Å²) in [6, 6.07) is 21.4. The van der Waals surface area contributed by atoms with Gasteiger partial charge in [0.1, 0.15) is 11.6 Å². The van der Waals surface area contributed by atoms with E-state index < -0.39 is 0 Å². The molecule has 0 fully saturated rings. The summed E-state index contributed by atoms with van der Waals surface area (Å²) in [7, 11) is 0. The molecular formula is C26H20FN5O2. The van der Waals surface area contributed by atoms with Crippen molar-refractivity contribution in [1.29, 1.82) is 5.26 Å². The Morgan fingerprint density at radius 3 is 2.35 bits per heavy atom. The molecule has 0 unspecified atom stereocenters. The molecule has 0 atom stereocenters. The van der Waals surface area contributed by atoms with Gasteiger partial charge >= 0.3 is 0 Å². The molecule has 4 aromatic rings. The van der Waals surface area contributed by atoms with Gasteiger partial charge in [-0.3, -0.25) is 9.59 Å². The number of nitriles is 1. The Labute approximate surface area is 195 Å². The number of hydrogen-bond acceptors (Lipinski definition) is 4. The quantitative estimate of drug-likeness (QED) is 0.441. The SMILES string of the molecule is CC(=O)Nc1c(-c2ccc(F)cc2)c(C)nn1-c1ccc(C(=O)Nc2cccc(C#N)c2)cc1. The van der Waals surface area contributed by atoms with Crippen molar-refractivity contribution < 1.29 is 14.0 Å². The van der Waals surface area contributed by atoms with E-state index in [9.17, 15) is 14.0 Å². The van der Waals surface area contributed by atoms with Crippen LogP contribution in [0.1, 0.15) is 28.5 Å². The Bertz CT molecular complexity index is 1420. The number of hydrogen-bond donors (Lipinski definition) is 2. The summed E-state index contributed by atoms with van der Waals surface area (Å²) < 4.78 is 15.0. The van der Waals surface area contributed by atoms with Crippen LogP contribution >= 0.6 is 0 Å². The number of nitrogens with one attached hydrogen (secondary N) is 2. The first-order valence-electron chi connectivity index (χ1n) is 10.4. The predicted octanol–water partition coefficient (Wildman–Crippen LogP) is 5.07. The van der Waals surface area contributed by atoms with Gasteiger partial charge in [0.05, 0.1) is 23.0 Å². The lowest BCUT2D eigenvalue weighted by molar-refractivity contribution is -0.114. The zero-order chi connectivity index (χ0) is 24.2. The molecule has 0 radical (unpaired) electrons. The Balaban J connectivity index is 1.66. The van der Waals surface area contributed by atoms with Gasteiger partial charge in [-0.1, -0.05) is 18.2 Å². The Morgan fingerprint density at radius 2 is 1.71 bits per heavy atom. The van der Waals surface area contributed by atoms with Gasteiger partial charge in [-0.15, -0.1) is 0 Å². The highest BCUT2D eigenvalue weighted by Crippen LogP contribution is 2.33. The van der Waals surface area contributed by atoms with Crippen molar-refractivity contribution in [1.82, 2.24) is 9.78 Å². The number of aromatic nitrogens is 2. The number of aryl methyl sites for hydroxylation is 1. The van der Waals surface area contributed by atoms with E-state index in [1.165, 1.54) is 19.1 Å². The number of halogens is 1. The second-order valence-electron chi connectivity index (χ2n) is 7.60. The monoisotopic (exact) mass is 453 g/mol. The van der Waals surface area contributed by atoms with Crippen LogP contribution in [0, 0.1) is 24.1 Å². The summed E-state index contributed by atoms with van der Waals surface area (Å²) in [4.78, 5) is 24.6. The van der Waals surface area contributed by atoms with Crippen LogP contribution in [0.3, 0.4) is 0 Å². The minimum absolute atomic E-state index is 0.278. The first kappa shape index (κ1) is 22.4. The average Bonchev–Trinajstić information content (AvgIpc) is 3.14. The van der Waals surface area contributed by atoms with Gasteiger partial charge in [0.15, 0.2) is 0 Å². The summed E-state index contributed by atoms with van der Waals surface area (Å²) in [5.74, 6) is -0.516. The van der Waals surface area contributed by atoms with Gasteiger partial charge in [0.2, 0.25) is 5.91 Å². The smallest absolute Gasteiger partial charge is 0.255 e. The van der Waals surface area contributed by atoms with Crippen LogP contribution in [0.4, 0.5) is 15.9 Å². The van der Waals surface area contributed by atoms with E-state index in [1.807, 2.05) is 6.07 Å². The first-order valence-corrected chi connectivity index (χ1v) is 10.4. The number of carbonyl (C=O) groups is 2. The molecule has 4 rings (SSSR count). The van der Waals surface area contributed by atoms with Crippen molar-refractivity contribution in [3.8, 4) is 22.9 Å². The molecule has 0 saturated heterocycles. The molecule has 0 bridgehead atoms. The number of carbonyl (C=O) groups excluding carboxylic acids is 2. The lowest BCUT2D eigenvalue weighted by Gasteiger charge is -2.11. The van der Waals surface area contributed by atoms with Crippen LogP contribution in [0.25, 0.3) is 16.8 Å². The summed E-state index contributed by atoms with van der Waals surface area (Å²) in [6.07, 6.45) is 0. The van der Waals surface area contributed by atoms with Crippen molar-refractivity contribution in [2.75, 3.05) is 10.6 Å². The van der Waals surface area contributed by atoms with Gasteiger partial charge in [0, 0.05) is 23.7 Å². The standard InChI is InChI=1S/C26H20FN5O2/c1-16-24(19-6-10-21(27)11-7-19)25(29-17(2)33)32(31-16)23-12-8-20(9-13-23)26(34)30-22-5-3-4-18(14-22)15-28/h3-14H,1-2H3,(H,29,33)(H,30,34). The maximum Gasteiger partial charge on any atom is 0.255 e. The van der Waals surface area contributed by atoms with E-state index in [0.29, 0.717) is 45.1 Å². The molecule has 2 N–H and O–H groups in total. The van der Waals surface area contributed by atoms with Crippen molar-refractivity contribution in [2.45, 2.75) is 13.8 Å². The average molecular weight is 453 g/mol. The van der Waals surface area contributed by atoms with Gasteiger partial charge in [-0.05, 0) is 67.1 Å². The van der Waals surface area contributed by atoms with Crippen molar-refractivity contribution in [3.05, 3.63) is 95.4 Å². The lowest BCUT2D eigenvalue weighted by Crippen LogP contribution is -2.13. The summed E-state index contributed by atoms with van der Waals surface area (Å²) in [5.41, 5.74) is 4.05. The molecule has 1 aromatic heterocycles. The number of benzene rings is 3. The molecular weight excluding hydrogens is 433 g/mol. The van der Waals surface area contributed by atoms with Crippen LogP contribution in [-0.4, -0.2) is 21.6 Å². The van der Waals surface area contributed by atoms with Gasteiger partial charge in [0.25, 0.3) is 5.91 Å². The molecule has 3 aromatic carbocycles. The fraction of sp³-hybridized carbons (Fsp3) is 0.0769. The van der Waals surface area contributed by atoms with Gasteiger partial charge < -0.3 is 10.6 Å². The third kappa shape index (κ3) is 4.69. The third-order valence-corrected chi connectivity index (χ3v) is 5.11. The number of rotatable bonds is 5. The number of amides is 2. The highest BCUT2D eigenvalue weighted by molar-refractivity contribution is 6.04. The van der Waals surface area contributed by atoms with E-state index in [4.69, 9.17) is 5.26 Å². The van der Waals surface area contributed by atoms with Crippen LogP contribution in [0.2, 0.25) is 0 Å². The number of anilines is 2. The maximum atomic E-state index is 13.4. The Hall–Kier alpha value is -4.77. The second kappa shape index (κ2) is 9.38. The summed E-state index contributed by atoms with van der Waals surface area (Å²) in [5, 5.41) is 19.2. The molecule has 7 nitrogen and oxygen atoms in total. The summed E-state index contributed by atoms with van der Waals surface area (Å²) >= 11 is 0. The fourth-order valence-corrected chi connectivity index (χ4v) is 3.58. The molecule has 2 amide bonds. The van der Waals surface area contributed by atoms with Crippen molar-refractivity contribution in [3.63, 3.8) is 0 Å². The fourth-order valence-electron chi connectivity index (χ4n) is 3.58. The highest BCUT2D eigenvalue weighted by atomic mass is 19.1. The molecule has 8 heteroatoms. The van der Waals surface area contributed by atoms with E-state index in [1.54, 1.807) is 72.3 Å². The molecule has 0 aliphatic heterocycles. The zero-order valence-electron chi connectivity index (χ0n) is 18.5. The molecule has 34 heavy (non-hydrogen) atoms. The predicted molar refractivity (Wildman–Crippen MR) is 127 cm³/mol. The third-order valence-electron chi connectivity index (χ3n) is 5.11. The number of nitrogens with zero attached hydrogens (tertiary/aromatic N) is 3. The molecule has 0 saturated carbocycles. The second-order valence-corrected chi connectivity index (χ2v) is 7.60. The van der Waals surface area contributed by atoms with E-state index in [2.05, 4.69) is 15.7 Å². The van der Waals surface area contributed by atoms with Crippen LogP contribution < -0.4 is 10.6 Å². The van der Waals surface area contributed by atoms with Crippen LogP contribution in [0.15, 0.2) is 72.8 Å². The Kier molecular flexibility index (Phi) is 6.19. The van der Waals surface area contributed by atoms with Gasteiger partial charge in [-0.25, -0.2) is 9.07 Å². The Morgan fingerprint density at radius 1 is 1.00 bits per heavy atom. The minimum atomic E-state index is -0.358. The van der Waals surface area contributed by atoms with Crippen LogP contribution in [0.5, 0.6) is 0 Å². The lowest BCUT2D eigenvalue weighted by atomic mass is 10.1. The largest absolute Gasteiger partial charge is 0.322 e. The van der Waals surface area contributed by atoms with Crippen LogP contribution in [-0.2, 0) is 4.79 Å².